The molecule has 2 heterocycles. The summed E-state index contributed by atoms with van der Waals surface area (Å²) in [7, 11) is 0. The van der Waals surface area contributed by atoms with Crippen molar-refractivity contribution in [3.05, 3.63) is 47.4 Å². The Morgan fingerprint density at radius 2 is 1.76 bits per heavy atom. The predicted octanol–water partition coefficient (Wildman–Crippen LogP) is 4.36. The Kier molecular flexibility index (Phi) is 2.93. The van der Waals surface area contributed by atoms with Gasteiger partial charge in [0, 0.05) is 11.3 Å². The molecule has 108 valence electrons. The quantitative estimate of drug-likeness (QED) is 0.626. The zero-order valence-corrected chi connectivity index (χ0v) is 10.7. The van der Waals surface area contributed by atoms with Gasteiger partial charge in [-0.25, -0.2) is 9.37 Å². The number of fused-ring (bicyclic) bond motifs is 1. The van der Waals surface area contributed by atoms with Crippen molar-refractivity contribution in [2.75, 3.05) is 0 Å². The lowest BCUT2D eigenvalue weighted by Gasteiger charge is -2.09. The number of pyridine rings is 1. The van der Waals surface area contributed by atoms with Gasteiger partial charge in [0.05, 0.1) is 10.9 Å². The summed E-state index contributed by atoms with van der Waals surface area (Å²) < 4.78 is 57.4. The lowest BCUT2D eigenvalue weighted by atomic mass is 10.0. The van der Waals surface area contributed by atoms with E-state index >= 15 is 0 Å². The van der Waals surface area contributed by atoms with Gasteiger partial charge in [-0.3, -0.25) is 0 Å². The van der Waals surface area contributed by atoms with E-state index in [1.165, 1.54) is 19.1 Å². The van der Waals surface area contributed by atoms with E-state index in [9.17, 15) is 17.6 Å². The maximum Gasteiger partial charge on any atom is 0.417 e. The number of nitrogens with zero attached hydrogens (tertiary/aromatic N) is 2. The standard InChI is InChI=1S/C14H8F4N2O/c1-7-6-10(14(16,17)18)11-12(20-21-13(11)19-7)8-2-4-9(15)5-3-8/h2-6H,1H3. The van der Waals surface area contributed by atoms with Crippen LogP contribution in [0.15, 0.2) is 34.9 Å². The SMILES string of the molecule is Cc1cc(C(F)(F)F)c2c(-c3ccc(F)cc3)noc2n1. The molecule has 0 aliphatic heterocycles. The third-order valence-electron chi connectivity index (χ3n) is 3.00. The Labute approximate surface area is 116 Å². The molecule has 0 aliphatic carbocycles. The summed E-state index contributed by atoms with van der Waals surface area (Å²) in [6.45, 7) is 1.44. The molecule has 3 nitrogen and oxygen atoms in total. The van der Waals surface area contributed by atoms with Gasteiger partial charge in [0.1, 0.15) is 11.5 Å². The summed E-state index contributed by atoms with van der Waals surface area (Å²) in [5.74, 6) is -0.489. The molecule has 0 saturated heterocycles. The van der Waals surface area contributed by atoms with Gasteiger partial charge in [-0.05, 0) is 37.3 Å². The first-order valence-electron chi connectivity index (χ1n) is 5.96. The van der Waals surface area contributed by atoms with Crippen LogP contribution in [0, 0.1) is 12.7 Å². The van der Waals surface area contributed by atoms with Crippen molar-refractivity contribution in [2.45, 2.75) is 13.1 Å². The molecule has 3 rings (SSSR count). The number of benzene rings is 1. The highest BCUT2D eigenvalue weighted by Crippen LogP contribution is 2.39. The summed E-state index contributed by atoms with van der Waals surface area (Å²) in [4.78, 5) is 3.91. The Hall–Kier alpha value is -2.44. The predicted molar refractivity (Wildman–Crippen MR) is 66.9 cm³/mol. The molecule has 1 aromatic carbocycles. The van der Waals surface area contributed by atoms with Crippen LogP contribution < -0.4 is 0 Å². The first kappa shape index (κ1) is 13.5. The molecule has 0 spiro atoms. The summed E-state index contributed by atoms with van der Waals surface area (Å²) in [6.07, 6.45) is -4.56. The minimum atomic E-state index is -4.56. The fraction of sp³-hybridized carbons (Fsp3) is 0.143. The molecule has 3 aromatic rings. The fourth-order valence-electron chi connectivity index (χ4n) is 2.10. The van der Waals surface area contributed by atoms with Crippen LogP contribution in [0.3, 0.4) is 0 Å². The molecule has 0 bridgehead atoms. The van der Waals surface area contributed by atoms with E-state index in [1.54, 1.807) is 0 Å². The van der Waals surface area contributed by atoms with E-state index in [0.717, 1.165) is 18.2 Å². The van der Waals surface area contributed by atoms with Crippen molar-refractivity contribution in [1.29, 1.82) is 0 Å². The van der Waals surface area contributed by atoms with Crippen LogP contribution in [-0.4, -0.2) is 10.1 Å². The topological polar surface area (TPSA) is 38.9 Å². The van der Waals surface area contributed by atoms with Gasteiger partial charge in [-0.2, -0.15) is 13.2 Å². The monoisotopic (exact) mass is 296 g/mol. The molecule has 0 atom stereocenters. The Balaban J connectivity index is 2.32. The molecule has 0 N–H and O–H groups in total. The molecule has 0 amide bonds. The molecule has 21 heavy (non-hydrogen) atoms. The van der Waals surface area contributed by atoms with Crippen LogP contribution >= 0.6 is 0 Å². The lowest BCUT2D eigenvalue weighted by Crippen LogP contribution is -2.07. The van der Waals surface area contributed by atoms with Crippen molar-refractivity contribution < 1.29 is 22.1 Å². The van der Waals surface area contributed by atoms with Gasteiger partial charge < -0.3 is 4.52 Å². The number of hydrogen-bond donors (Lipinski definition) is 0. The van der Waals surface area contributed by atoms with E-state index in [-0.39, 0.29) is 22.5 Å². The van der Waals surface area contributed by atoms with Crippen molar-refractivity contribution >= 4 is 11.1 Å². The van der Waals surface area contributed by atoms with E-state index < -0.39 is 17.6 Å². The van der Waals surface area contributed by atoms with Crippen LogP contribution in [0.25, 0.3) is 22.4 Å². The van der Waals surface area contributed by atoms with Gasteiger partial charge in [-0.1, -0.05) is 5.16 Å². The van der Waals surface area contributed by atoms with Gasteiger partial charge in [0.15, 0.2) is 0 Å². The second-order valence-corrected chi connectivity index (χ2v) is 4.53. The van der Waals surface area contributed by atoms with Crippen LogP contribution in [0.5, 0.6) is 0 Å². The van der Waals surface area contributed by atoms with E-state index in [1.807, 2.05) is 0 Å². The first-order chi connectivity index (χ1) is 9.86. The first-order valence-corrected chi connectivity index (χ1v) is 5.96. The van der Waals surface area contributed by atoms with E-state index in [4.69, 9.17) is 4.52 Å². The summed E-state index contributed by atoms with van der Waals surface area (Å²) in [5, 5.41) is 3.43. The average Bonchev–Trinajstić information content (AvgIpc) is 2.81. The highest BCUT2D eigenvalue weighted by molar-refractivity contribution is 5.92. The van der Waals surface area contributed by atoms with Crippen molar-refractivity contribution in [2.24, 2.45) is 0 Å². The Bertz CT molecular complexity index is 806. The van der Waals surface area contributed by atoms with Gasteiger partial charge in [0.25, 0.3) is 5.71 Å². The van der Waals surface area contributed by atoms with Gasteiger partial charge >= 0.3 is 6.18 Å². The third-order valence-corrected chi connectivity index (χ3v) is 3.00. The molecule has 0 saturated carbocycles. The molecule has 0 fully saturated rings. The minimum absolute atomic E-state index is 0.00942. The van der Waals surface area contributed by atoms with Gasteiger partial charge in [0.2, 0.25) is 0 Å². The number of rotatable bonds is 1. The van der Waals surface area contributed by atoms with Crippen molar-refractivity contribution in [3.63, 3.8) is 0 Å². The Morgan fingerprint density at radius 3 is 2.38 bits per heavy atom. The molecular weight excluding hydrogens is 288 g/mol. The van der Waals surface area contributed by atoms with Gasteiger partial charge in [-0.15, -0.1) is 0 Å². The normalized spacial score (nSPS) is 12.0. The van der Waals surface area contributed by atoms with Crippen molar-refractivity contribution in [1.82, 2.24) is 10.1 Å². The van der Waals surface area contributed by atoms with Crippen LogP contribution in [0.2, 0.25) is 0 Å². The smallest absolute Gasteiger partial charge is 0.335 e. The summed E-state index contributed by atoms with van der Waals surface area (Å²) in [6, 6.07) is 5.90. The molecule has 0 unspecified atom stereocenters. The van der Waals surface area contributed by atoms with Crippen molar-refractivity contribution in [3.8, 4) is 11.3 Å². The molecule has 7 heteroatoms. The van der Waals surface area contributed by atoms with Crippen LogP contribution in [0.4, 0.5) is 17.6 Å². The number of hydrogen-bond acceptors (Lipinski definition) is 3. The zero-order chi connectivity index (χ0) is 15.2. The minimum Gasteiger partial charge on any atom is -0.335 e. The second-order valence-electron chi connectivity index (χ2n) is 4.53. The largest absolute Gasteiger partial charge is 0.417 e. The fourth-order valence-corrected chi connectivity index (χ4v) is 2.10. The van der Waals surface area contributed by atoms with E-state index in [2.05, 4.69) is 10.1 Å². The highest BCUT2D eigenvalue weighted by atomic mass is 19.4. The molecule has 2 aromatic heterocycles. The maximum atomic E-state index is 13.2. The number of aryl methyl sites for hydroxylation is 1. The molecular formula is C14H8F4N2O. The lowest BCUT2D eigenvalue weighted by molar-refractivity contribution is -0.136. The Morgan fingerprint density at radius 1 is 1.10 bits per heavy atom. The average molecular weight is 296 g/mol. The molecule has 0 aliphatic rings. The second kappa shape index (κ2) is 4.54. The third kappa shape index (κ3) is 2.35. The summed E-state index contributed by atoms with van der Waals surface area (Å²) in [5.41, 5.74) is -0.569. The summed E-state index contributed by atoms with van der Waals surface area (Å²) >= 11 is 0. The molecule has 0 radical (unpaired) electrons. The number of aromatic nitrogens is 2. The van der Waals surface area contributed by atoms with Crippen LogP contribution in [0.1, 0.15) is 11.3 Å². The van der Waals surface area contributed by atoms with E-state index in [0.29, 0.717) is 5.56 Å². The zero-order valence-electron chi connectivity index (χ0n) is 10.7. The maximum absolute atomic E-state index is 13.2. The van der Waals surface area contributed by atoms with Crippen LogP contribution in [-0.2, 0) is 6.18 Å². The highest BCUT2D eigenvalue weighted by Gasteiger charge is 2.36. The number of halogens is 4. The number of alkyl halides is 3.